The number of nitrogens with one attached hydrogen (secondary N) is 1. The van der Waals surface area contributed by atoms with E-state index in [4.69, 9.17) is 4.74 Å². The first-order valence-corrected chi connectivity index (χ1v) is 8.62. The molecule has 0 fully saturated rings. The van der Waals surface area contributed by atoms with Crippen LogP contribution in [0, 0.1) is 0 Å². The van der Waals surface area contributed by atoms with Crippen LogP contribution in [0.1, 0.15) is 43.6 Å². The number of ether oxygens (including phenoxy) is 1. The highest BCUT2D eigenvalue weighted by atomic mass is 16.6. The van der Waals surface area contributed by atoms with Crippen molar-refractivity contribution in [1.82, 2.24) is 5.32 Å². The average Bonchev–Trinajstić information content (AvgIpc) is 2.96. The maximum atomic E-state index is 11.7. The zero-order chi connectivity index (χ0) is 18.2. The summed E-state index contributed by atoms with van der Waals surface area (Å²) in [5.74, 6) is 0. The van der Waals surface area contributed by atoms with Crippen LogP contribution in [0.4, 0.5) is 4.79 Å². The molecule has 2 aromatic rings. The van der Waals surface area contributed by atoms with E-state index < -0.39 is 23.9 Å². The van der Waals surface area contributed by atoms with Gasteiger partial charge in [-0.3, -0.25) is 0 Å². The van der Waals surface area contributed by atoms with Crippen LogP contribution >= 0.6 is 0 Å². The fraction of sp³-hybridized carbons (Fsp3) is 0.450. The highest BCUT2D eigenvalue weighted by molar-refractivity contribution is 5.93. The fourth-order valence-electron chi connectivity index (χ4n) is 3.35. The van der Waals surface area contributed by atoms with Crippen molar-refractivity contribution in [1.29, 1.82) is 0 Å². The van der Waals surface area contributed by atoms with Crippen LogP contribution in [0.3, 0.4) is 0 Å². The predicted molar refractivity (Wildman–Crippen MR) is 96.6 cm³/mol. The van der Waals surface area contributed by atoms with Crippen LogP contribution in [0.25, 0.3) is 10.8 Å². The summed E-state index contributed by atoms with van der Waals surface area (Å²) in [6, 6.07) is 9.95. The van der Waals surface area contributed by atoms with Gasteiger partial charge in [0.25, 0.3) is 0 Å². The van der Waals surface area contributed by atoms with E-state index in [1.807, 2.05) is 24.3 Å². The van der Waals surface area contributed by atoms with Crippen molar-refractivity contribution in [3.05, 3.63) is 47.0 Å². The van der Waals surface area contributed by atoms with Crippen LogP contribution in [-0.2, 0) is 17.6 Å². The summed E-state index contributed by atoms with van der Waals surface area (Å²) in [7, 11) is 0. The lowest BCUT2D eigenvalue weighted by Gasteiger charge is -2.23. The molecule has 1 aliphatic carbocycles. The van der Waals surface area contributed by atoms with Gasteiger partial charge in [0.05, 0.1) is 0 Å². The standard InChI is InChI=1S/C20H25NO4/c1-20(2,3)25-19(24)21-11-16(22)18(23)15-10-9-13-8-7-12-5-4-6-14(15)17(12)13/h4-6,9-10,16,18,22-23H,7-8,11H2,1-3H3,(H,21,24). The molecule has 3 N–H and O–H groups in total. The number of carbonyl (C=O) groups is 1. The molecule has 5 heteroatoms. The number of aryl methyl sites for hydroxylation is 2. The van der Waals surface area contributed by atoms with Crippen LogP contribution in [0.2, 0.25) is 0 Å². The molecular weight excluding hydrogens is 318 g/mol. The first kappa shape index (κ1) is 17.7. The van der Waals surface area contributed by atoms with Crippen LogP contribution < -0.4 is 5.32 Å². The SMILES string of the molecule is CC(C)(C)OC(=O)NCC(O)C(O)c1ccc2c3c(cccc13)CC2. The molecule has 0 saturated carbocycles. The molecule has 134 valence electrons. The Bertz CT molecular complexity index is 784. The molecule has 25 heavy (non-hydrogen) atoms. The molecule has 0 aliphatic heterocycles. The molecule has 2 aromatic carbocycles. The topological polar surface area (TPSA) is 78.8 Å². The van der Waals surface area contributed by atoms with Gasteiger partial charge < -0.3 is 20.3 Å². The van der Waals surface area contributed by atoms with Gasteiger partial charge in [-0.15, -0.1) is 0 Å². The number of rotatable bonds is 4. The number of benzene rings is 2. The number of carbonyl (C=O) groups excluding carboxylic acids is 1. The number of aliphatic hydroxyl groups is 2. The van der Waals surface area contributed by atoms with Gasteiger partial charge >= 0.3 is 6.09 Å². The third kappa shape index (κ3) is 3.78. The average molecular weight is 343 g/mol. The molecule has 0 bridgehead atoms. The monoisotopic (exact) mass is 343 g/mol. The number of hydrogen-bond acceptors (Lipinski definition) is 4. The van der Waals surface area contributed by atoms with Crippen molar-refractivity contribution < 1.29 is 19.7 Å². The van der Waals surface area contributed by atoms with Crippen molar-refractivity contribution >= 4 is 16.9 Å². The summed E-state index contributed by atoms with van der Waals surface area (Å²) in [5, 5.41) is 25.6. The summed E-state index contributed by atoms with van der Waals surface area (Å²) in [4.78, 5) is 11.7. The maximum absolute atomic E-state index is 11.7. The summed E-state index contributed by atoms with van der Waals surface area (Å²) in [5.41, 5.74) is 2.64. The molecule has 2 atom stereocenters. The maximum Gasteiger partial charge on any atom is 0.407 e. The minimum atomic E-state index is -1.12. The summed E-state index contributed by atoms with van der Waals surface area (Å²) < 4.78 is 5.14. The van der Waals surface area contributed by atoms with E-state index in [9.17, 15) is 15.0 Å². The Balaban J connectivity index is 1.74. The van der Waals surface area contributed by atoms with E-state index in [2.05, 4.69) is 11.4 Å². The summed E-state index contributed by atoms with van der Waals surface area (Å²) in [6.45, 7) is 5.22. The predicted octanol–water partition coefficient (Wildman–Crippen LogP) is 2.86. The van der Waals surface area contributed by atoms with Crippen molar-refractivity contribution in [2.24, 2.45) is 0 Å². The van der Waals surface area contributed by atoms with E-state index in [0.29, 0.717) is 5.56 Å². The molecule has 0 radical (unpaired) electrons. The second-order valence-electron chi connectivity index (χ2n) is 7.55. The molecule has 1 aliphatic rings. The fourth-order valence-corrected chi connectivity index (χ4v) is 3.35. The first-order valence-electron chi connectivity index (χ1n) is 8.62. The Morgan fingerprint density at radius 2 is 1.84 bits per heavy atom. The highest BCUT2D eigenvalue weighted by Gasteiger charge is 2.25. The Labute approximate surface area is 147 Å². The molecule has 5 nitrogen and oxygen atoms in total. The Hall–Kier alpha value is -2.11. The lowest BCUT2D eigenvalue weighted by molar-refractivity contribution is 0.0136. The molecule has 0 aromatic heterocycles. The molecule has 0 saturated heterocycles. The second-order valence-corrected chi connectivity index (χ2v) is 7.55. The summed E-state index contributed by atoms with van der Waals surface area (Å²) >= 11 is 0. The molecule has 0 spiro atoms. The quantitative estimate of drug-likeness (QED) is 0.798. The number of amides is 1. The van der Waals surface area contributed by atoms with Crippen molar-refractivity contribution in [3.63, 3.8) is 0 Å². The third-order valence-corrected chi connectivity index (χ3v) is 4.45. The number of hydrogen-bond donors (Lipinski definition) is 3. The van der Waals surface area contributed by atoms with E-state index in [0.717, 1.165) is 18.2 Å². The van der Waals surface area contributed by atoms with Gasteiger partial charge in [0, 0.05) is 6.54 Å². The Morgan fingerprint density at radius 1 is 1.16 bits per heavy atom. The minimum absolute atomic E-state index is 0.0843. The number of alkyl carbamates (subject to hydrolysis) is 1. The smallest absolute Gasteiger partial charge is 0.407 e. The number of aliphatic hydroxyl groups excluding tert-OH is 2. The van der Waals surface area contributed by atoms with Gasteiger partial charge in [0.15, 0.2) is 0 Å². The summed E-state index contributed by atoms with van der Waals surface area (Å²) in [6.07, 6.45) is -0.797. The van der Waals surface area contributed by atoms with E-state index >= 15 is 0 Å². The van der Waals surface area contributed by atoms with Crippen LogP contribution in [0.15, 0.2) is 30.3 Å². The zero-order valence-electron chi connectivity index (χ0n) is 14.9. The Kier molecular flexibility index (Phi) is 4.71. The largest absolute Gasteiger partial charge is 0.444 e. The molecule has 0 heterocycles. The van der Waals surface area contributed by atoms with Gasteiger partial charge in [-0.2, -0.15) is 0 Å². The van der Waals surface area contributed by atoms with Gasteiger partial charge in [-0.25, -0.2) is 4.79 Å². The molecular formula is C20H25NO4. The van der Waals surface area contributed by atoms with Crippen molar-refractivity contribution in [3.8, 4) is 0 Å². The second kappa shape index (κ2) is 6.65. The molecule has 1 amide bonds. The Morgan fingerprint density at radius 3 is 2.52 bits per heavy atom. The van der Waals surface area contributed by atoms with Crippen molar-refractivity contribution in [2.75, 3.05) is 6.54 Å². The van der Waals surface area contributed by atoms with Crippen LogP contribution in [0.5, 0.6) is 0 Å². The van der Waals surface area contributed by atoms with Gasteiger partial charge in [0.1, 0.15) is 17.8 Å². The lowest BCUT2D eigenvalue weighted by atomic mass is 9.94. The zero-order valence-corrected chi connectivity index (χ0v) is 14.9. The van der Waals surface area contributed by atoms with E-state index in [1.54, 1.807) is 20.8 Å². The van der Waals surface area contributed by atoms with Crippen molar-refractivity contribution in [2.45, 2.75) is 51.4 Å². The molecule has 3 rings (SSSR count). The van der Waals surface area contributed by atoms with Gasteiger partial charge in [0.2, 0.25) is 0 Å². The van der Waals surface area contributed by atoms with E-state index in [1.165, 1.54) is 16.5 Å². The van der Waals surface area contributed by atoms with Gasteiger partial charge in [-0.05, 0) is 61.1 Å². The highest BCUT2D eigenvalue weighted by Crippen LogP contribution is 2.35. The first-order chi connectivity index (χ1) is 11.8. The third-order valence-electron chi connectivity index (χ3n) is 4.45. The minimum Gasteiger partial charge on any atom is -0.444 e. The molecule has 2 unspecified atom stereocenters. The van der Waals surface area contributed by atoms with Crippen LogP contribution in [-0.4, -0.2) is 34.6 Å². The van der Waals surface area contributed by atoms with E-state index in [-0.39, 0.29) is 6.54 Å². The normalized spacial score (nSPS) is 15.9. The lowest BCUT2D eigenvalue weighted by Crippen LogP contribution is -2.38. The van der Waals surface area contributed by atoms with Gasteiger partial charge in [-0.1, -0.05) is 30.3 Å².